The van der Waals surface area contributed by atoms with Crippen molar-refractivity contribution in [2.45, 2.75) is 51.6 Å². The minimum absolute atomic E-state index is 0.363. The van der Waals surface area contributed by atoms with Gasteiger partial charge in [-0.15, -0.1) is 0 Å². The first-order chi connectivity index (χ1) is 7.87. The Bertz CT molecular complexity index is 439. The summed E-state index contributed by atoms with van der Waals surface area (Å²) in [6.07, 6.45) is 0. The van der Waals surface area contributed by atoms with E-state index in [0.29, 0.717) is 5.56 Å². The van der Waals surface area contributed by atoms with Crippen LogP contribution in [0.2, 0.25) is 0 Å². The second kappa shape index (κ2) is 4.26. The van der Waals surface area contributed by atoms with E-state index in [1.54, 1.807) is 0 Å². The first-order valence-electron chi connectivity index (χ1n) is 5.78. The van der Waals surface area contributed by atoms with Crippen LogP contribution in [0.4, 0.5) is 13.2 Å². The van der Waals surface area contributed by atoms with Crippen LogP contribution >= 0.6 is 0 Å². The van der Waals surface area contributed by atoms with Gasteiger partial charge in [-0.2, -0.15) is 8.78 Å². The van der Waals surface area contributed by atoms with Crippen LogP contribution in [0.25, 0.3) is 0 Å². The van der Waals surface area contributed by atoms with E-state index in [4.69, 9.17) is 0 Å². The summed E-state index contributed by atoms with van der Waals surface area (Å²) in [5, 5.41) is 9.50. The molecule has 0 aliphatic heterocycles. The Balaban J connectivity index is 3.42. The van der Waals surface area contributed by atoms with Crippen molar-refractivity contribution < 1.29 is 18.3 Å². The van der Waals surface area contributed by atoms with Crippen molar-refractivity contribution in [1.82, 2.24) is 0 Å². The maximum Gasteiger partial charge on any atom is 0.303 e. The van der Waals surface area contributed by atoms with Gasteiger partial charge in [0, 0.05) is 0 Å². The number of hydrogen-bond donors (Lipinski definition) is 1. The minimum atomic E-state index is -3.64. The summed E-state index contributed by atoms with van der Waals surface area (Å²) in [6.45, 7) is 7.50. The van der Waals surface area contributed by atoms with E-state index < -0.39 is 22.9 Å². The lowest BCUT2D eigenvalue weighted by atomic mass is 9.83. The number of rotatable bonds is 2. The van der Waals surface area contributed by atoms with Crippen LogP contribution in [0, 0.1) is 5.82 Å². The van der Waals surface area contributed by atoms with E-state index >= 15 is 0 Å². The van der Waals surface area contributed by atoms with Gasteiger partial charge < -0.3 is 5.11 Å². The Labute approximate surface area is 106 Å². The van der Waals surface area contributed by atoms with E-state index in [9.17, 15) is 18.3 Å². The van der Waals surface area contributed by atoms with Crippen LogP contribution in [0.1, 0.15) is 45.7 Å². The van der Waals surface area contributed by atoms with Crippen molar-refractivity contribution in [3.63, 3.8) is 0 Å². The summed E-state index contributed by atoms with van der Waals surface area (Å²) in [7, 11) is 0. The molecule has 0 heterocycles. The Morgan fingerprint density at radius 1 is 1.00 bits per heavy atom. The molecule has 0 aliphatic rings. The molecule has 0 unspecified atom stereocenters. The number of benzene rings is 1. The third-order valence-corrected chi connectivity index (χ3v) is 2.94. The molecule has 0 bridgehead atoms. The maximum atomic E-state index is 14.0. The van der Waals surface area contributed by atoms with Crippen molar-refractivity contribution in [1.29, 1.82) is 0 Å². The molecular weight excluding hydrogens is 241 g/mol. The fourth-order valence-corrected chi connectivity index (χ4v) is 1.56. The molecule has 0 atom stereocenters. The number of alkyl halides is 2. The van der Waals surface area contributed by atoms with Crippen LogP contribution in [-0.2, 0) is 11.3 Å². The lowest BCUT2D eigenvalue weighted by Crippen LogP contribution is -2.41. The molecule has 0 aromatic heterocycles. The van der Waals surface area contributed by atoms with E-state index in [2.05, 4.69) is 0 Å². The zero-order valence-corrected chi connectivity index (χ0v) is 11.3. The van der Waals surface area contributed by atoms with Gasteiger partial charge in [-0.05, 0) is 37.0 Å². The summed E-state index contributed by atoms with van der Waals surface area (Å²) in [5.41, 5.74) is -2.84. The first kappa shape index (κ1) is 15.0. The molecule has 1 rings (SSSR count). The van der Waals surface area contributed by atoms with E-state index in [0.717, 1.165) is 26.0 Å². The molecular formula is C14H19F3O. The highest BCUT2D eigenvalue weighted by Crippen LogP contribution is 2.41. The SMILES string of the molecule is CC(C)(C)c1ccc(F)c(C(F)(F)C(C)(C)O)c1. The molecule has 0 saturated heterocycles. The van der Waals surface area contributed by atoms with Gasteiger partial charge in [0.15, 0.2) is 0 Å². The fraction of sp³-hybridized carbons (Fsp3) is 0.571. The molecule has 0 saturated carbocycles. The van der Waals surface area contributed by atoms with Crippen LogP contribution in [0.15, 0.2) is 18.2 Å². The third kappa shape index (κ3) is 2.69. The number of halogens is 3. The Morgan fingerprint density at radius 2 is 1.50 bits per heavy atom. The van der Waals surface area contributed by atoms with Crippen molar-refractivity contribution in [3.8, 4) is 0 Å². The predicted molar refractivity (Wildman–Crippen MR) is 65.3 cm³/mol. The monoisotopic (exact) mass is 260 g/mol. The van der Waals surface area contributed by atoms with Crippen LogP contribution < -0.4 is 0 Å². The molecule has 1 N–H and O–H groups in total. The largest absolute Gasteiger partial charge is 0.384 e. The number of aliphatic hydroxyl groups is 1. The zero-order valence-electron chi connectivity index (χ0n) is 11.3. The van der Waals surface area contributed by atoms with Gasteiger partial charge in [0.25, 0.3) is 0 Å². The third-order valence-electron chi connectivity index (χ3n) is 2.94. The molecule has 0 amide bonds. The smallest absolute Gasteiger partial charge is 0.303 e. The second-order valence-corrected chi connectivity index (χ2v) is 6.08. The van der Waals surface area contributed by atoms with Crippen LogP contribution in [-0.4, -0.2) is 10.7 Å². The first-order valence-corrected chi connectivity index (χ1v) is 5.78. The fourth-order valence-electron chi connectivity index (χ4n) is 1.56. The number of hydrogen-bond acceptors (Lipinski definition) is 1. The van der Waals surface area contributed by atoms with Gasteiger partial charge in [-0.1, -0.05) is 26.8 Å². The summed E-state index contributed by atoms with van der Waals surface area (Å²) in [4.78, 5) is 0. The lowest BCUT2D eigenvalue weighted by molar-refractivity contribution is -0.170. The standard InChI is InChI=1S/C14H19F3O/c1-12(2,3)9-6-7-11(15)10(8-9)14(16,17)13(4,5)18/h6-8,18H,1-5H3. The Hall–Kier alpha value is -1.03. The molecule has 0 aliphatic carbocycles. The highest BCUT2D eigenvalue weighted by molar-refractivity contribution is 5.33. The molecule has 102 valence electrons. The highest BCUT2D eigenvalue weighted by atomic mass is 19.3. The summed E-state index contributed by atoms with van der Waals surface area (Å²) >= 11 is 0. The quantitative estimate of drug-likeness (QED) is 0.852. The van der Waals surface area contributed by atoms with Crippen LogP contribution in [0.3, 0.4) is 0 Å². The van der Waals surface area contributed by atoms with Gasteiger partial charge in [0.1, 0.15) is 11.4 Å². The summed E-state index contributed by atoms with van der Waals surface area (Å²) < 4.78 is 41.6. The van der Waals surface area contributed by atoms with Crippen molar-refractivity contribution in [2.75, 3.05) is 0 Å². The molecule has 0 fully saturated rings. The summed E-state index contributed by atoms with van der Waals surface area (Å²) in [6, 6.07) is 3.64. The van der Waals surface area contributed by atoms with Gasteiger partial charge in [0.05, 0.1) is 5.56 Å². The maximum absolute atomic E-state index is 14.0. The molecule has 1 aromatic carbocycles. The van der Waals surface area contributed by atoms with Crippen molar-refractivity contribution >= 4 is 0 Å². The average molecular weight is 260 g/mol. The van der Waals surface area contributed by atoms with E-state index in [-0.39, 0.29) is 5.41 Å². The van der Waals surface area contributed by atoms with Gasteiger partial charge in [-0.25, -0.2) is 4.39 Å². The zero-order chi connectivity index (χ0) is 14.4. The topological polar surface area (TPSA) is 20.2 Å². The minimum Gasteiger partial charge on any atom is -0.384 e. The van der Waals surface area contributed by atoms with Gasteiger partial charge in [-0.3, -0.25) is 0 Å². The van der Waals surface area contributed by atoms with E-state index in [1.807, 2.05) is 20.8 Å². The normalized spacial score (nSPS) is 13.8. The Morgan fingerprint density at radius 3 is 1.89 bits per heavy atom. The molecule has 0 radical (unpaired) electrons. The highest BCUT2D eigenvalue weighted by Gasteiger charge is 2.48. The molecule has 18 heavy (non-hydrogen) atoms. The molecule has 1 aromatic rings. The molecule has 1 nitrogen and oxygen atoms in total. The predicted octanol–water partition coefficient (Wildman–Crippen LogP) is 3.99. The lowest BCUT2D eigenvalue weighted by Gasteiger charge is -2.30. The van der Waals surface area contributed by atoms with Crippen LogP contribution in [0.5, 0.6) is 0 Å². The van der Waals surface area contributed by atoms with E-state index in [1.165, 1.54) is 6.07 Å². The van der Waals surface area contributed by atoms with Gasteiger partial charge in [0.2, 0.25) is 0 Å². The molecule has 4 heteroatoms. The average Bonchev–Trinajstić information content (AvgIpc) is 2.14. The Kier molecular flexibility index (Phi) is 3.56. The molecule has 0 spiro atoms. The van der Waals surface area contributed by atoms with Crippen molar-refractivity contribution in [2.24, 2.45) is 0 Å². The van der Waals surface area contributed by atoms with Crippen molar-refractivity contribution in [3.05, 3.63) is 35.1 Å². The second-order valence-electron chi connectivity index (χ2n) is 6.08. The van der Waals surface area contributed by atoms with Gasteiger partial charge >= 0.3 is 5.92 Å². The summed E-state index contributed by atoms with van der Waals surface area (Å²) in [5.74, 6) is -4.65.